The molecule has 0 bridgehead atoms. The summed E-state index contributed by atoms with van der Waals surface area (Å²) in [7, 11) is 1.64. The van der Waals surface area contributed by atoms with Crippen LogP contribution in [0, 0.1) is 17.8 Å². The second kappa shape index (κ2) is 17.6. The fourth-order valence-corrected chi connectivity index (χ4v) is 6.99. The number of carbonyl (C=O) groups is 1. The standard InChI is InChI=1S/C49H43NO5/c1-37(35-54-49(39-18-7-3-8-19-39,40-20-9-4-10-21-40)41-22-11-5-12-23-41)46-34-42(24-17-33-53-36-38-29-31-43(52-2)32-30-38)50(47-28-16-15-27-45(46)47)48(51)55-44-25-13-6-14-26-44/h3-16,18-23,25-32,34,37,42H,33,35-36H2,1-2H3/t37-,42+/m0/s1. The van der Waals surface area contributed by atoms with Crippen LogP contribution in [-0.2, 0) is 21.7 Å². The molecule has 1 amide bonds. The number of para-hydroxylation sites is 2. The number of hydrogen-bond donors (Lipinski definition) is 0. The van der Waals surface area contributed by atoms with Crippen molar-refractivity contribution >= 4 is 17.4 Å². The normalized spacial score (nSPS) is 14.1. The minimum atomic E-state index is -0.876. The van der Waals surface area contributed by atoms with Crippen molar-refractivity contribution in [1.29, 1.82) is 0 Å². The molecule has 7 rings (SSSR count). The summed E-state index contributed by atoms with van der Waals surface area (Å²) in [5, 5.41) is 0. The van der Waals surface area contributed by atoms with Gasteiger partial charge in [0.2, 0.25) is 0 Å². The maximum Gasteiger partial charge on any atom is 0.421 e. The maximum atomic E-state index is 14.0. The molecule has 0 aliphatic carbocycles. The summed E-state index contributed by atoms with van der Waals surface area (Å²) in [4.78, 5) is 15.6. The van der Waals surface area contributed by atoms with Gasteiger partial charge >= 0.3 is 6.09 Å². The molecule has 0 radical (unpaired) electrons. The minimum absolute atomic E-state index is 0.0976. The molecule has 6 heteroatoms. The first-order valence-corrected chi connectivity index (χ1v) is 18.4. The number of benzene rings is 6. The molecule has 6 nitrogen and oxygen atoms in total. The van der Waals surface area contributed by atoms with E-state index >= 15 is 0 Å². The van der Waals surface area contributed by atoms with Crippen molar-refractivity contribution < 1.29 is 23.7 Å². The molecule has 1 aliphatic heterocycles. The van der Waals surface area contributed by atoms with Crippen LogP contribution in [0.4, 0.5) is 10.5 Å². The van der Waals surface area contributed by atoms with Gasteiger partial charge in [-0.3, -0.25) is 4.90 Å². The Bertz CT molecular complexity index is 2150. The molecular formula is C49H43NO5. The van der Waals surface area contributed by atoms with E-state index in [1.807, 2.05) is 84.9 Å². The molecule has 0 aromatic heterocycles. The third-order valence-corrected chi connectivity index (χ3v) is 9.71. The van der Waals surface area contributed by atoms with E-state index in [-0.39, 0.29) is 12.5 Å². The zero-order valence-corrected chi connectivity index (χ0v) is 31.0. The lowest BCUT2D eigenvalue weighted by molar-refractivity contribution is 0.00318. The Kier molecular flexibility index (Phi) is 11.8. The van der Waals surface area contributed by atoms with E-state index < -0.39 is 17.7 Å². The predicted octanol–water partition coefficient (Wildman–Crippen LogP) is 10.3. The molecule has 2 atom stereocenters. The van der Waals surface area contributed by atoms with Gasteiger partial charge in [-0.2, -0.15) is 0 Å². The Morgan fingerprint density at radius 2 is 1.24 bits per heavy atom. The SMILES string of the molecule is COc1ccc(COCC#C[C@@H]2C=C([C@@H](C)COC(c3ccccc3)(c3ccccc3)c3ccccc3)c3ccccc3N2C(=O)Oc2ccccc2)cc1. The Morgan fingerprint density at radius 3 is 1.82 bits per heavy atom. The van der Waals surface area contributed by atoms with E-state index in [1.54, 1.807) is 24.1 Å². The number of amides is 1. The van der Waals surface area contributed by atoms with Crippen LogP contribution in [0.2, 0.25) is 0 Å². The van der Waals surface area contributed by atoms with E-state index in [0.29, 0.717) is 24.7 Å². The van der Waals surface area contributed by atoms with Crippen LogP contribution in [-0.4, -0.2) is 32.5 Å². The summed E-state index contributed by atoms with van der Waals surface area (Å²) < 4.78 is 24.4. The molecule has 274 valence electrons. The van der Waals surface area contributed by atoms with Gasteiger partial charge in [0.25, 0.3) is 0 Å². The van der Waals surface area contributed by atoms with E-state index in [2.05, 4.69) is 97.6 Å². The second-order valence-electron chi connectivity index (χ2n) is 13.3. The van der Waals surface area contributed by atoms with Crippen LogP contribution in [0.1, 0.15) is 34.7 Å². The summed E-state index contributed by atoms with van der Waals surface area (Å²) in [6.45, 7) is 3.11. The molecule has 0 saturated carbocycles. The summed E-state index contributed by atoms with van der Waals surface area (Å²) in [6, 6.07) is 55.2. The van der Waals surface area contributed by atoms with Crippen LogP contribution in [0.5, 0.6) is 11.5 Å². The van der Waals surface area contributed by atoms with Crippen LogP contribution in [0.15, 0.2) is 176 Å². The molecule has 1 aliphatic rings. The number of anilines is 1. The number of nitrogens with zero attached hydrogens (tertiary/aromatic N) is 1. The van der Waals surface area contributed by atoms with Crippen molar-refractivity contribution in [2.75, 3.05) is 25.2 Å². The highest BCUT2D eigenvalue weighted by Gasteiger charge is 2.39. The largest absolute Gasteiger partial charge is 0.497 e. The molecule has 6 aromatic rings. The summed E-state index contributed by atoms with van der Waals surface area (Å²) in [5.74, 6) is 7.66. The zero-order valence-electron chi connectivity index (χ0n) is 31.0. The van der Waals surface area contributed by atoms with Crippen LogP contribution < -0.4 is 14.4 Å². The van der Waals surface area contributed by atoms with Gasteiger partial charge in [-0.15, -0.1) is 0 Å². The van der Waals surface area contributed by atoms with Gasteiger partial charge in [-0.25, -0.2) is 4.79 Å². The quantitative estimate of drug-likeness (QED) is 0.0714. The highest BCUT2D eigenvalue weighted by molar-refractivity contribution is 5.98. The Labute approximate surface area is 323 Å². The van der Waals surface area contributed by atoms with E-state index in [0.717, 1.165) is 39.1 Å². The number of hydrogen-bond acceptors (Lipinski definition) is 5. The van der Waals surface area contributed by atoms with Gasteiger partial charge in [-0.1, -0.05) is 158 Å². The molecule has 0 N–H and O–H groups in total. The number of rotatable bonds is 12. The van der Waals surface area contributed by atoms with Crippen LogP contribution in [0.3, 0.4) is 0 Å². The highest BCUT2D eigenvalue weighted by Crippen LogP contribution is 2.43. The summed E-state index contributed by atoms with van der Waals surface area (Å²) >= 11 is 0. The van der Waals surface area contributed by atoms with E-state index in [9.17, 15) is 4.79 Å². The first-order chi connectivity index (χ1) is 27.1. The van der Waals surface area contributed by atoms with Gasteiger partial charge in [0.15, 0.2) is 0 Å². The fourth-order valence-electron chi connectivity index (χ4n) is 6.99. The van der Waals surface area contributed by atoms with E-state index in [1.165, 1.54) is 0 Å². The lowest BCUT2D eigenvalue weighted by Crippen LogP contribution is -2.43. The molecule has 0 saturated heterocycles. The maximum absolute atomic E-state index is 14.0. The van der Waals surface area contributed by atoms with Crippen molar-refractivity contribution in [3.63, 3.8) is 0 Å². The van der Waals surface area contributed by atoms with Crippen molar-refractivity contribution in [1.82, 2.24) is 0 Å². The number of methoxy groups -OCH3 is 1. The monoisotopic (exact) mass is 725 g/mol. The molecule has 1 heterocycles. The number of fused-ring (bicyclic) bond motifs is 1. The Balaban J connectivity index is 1.22. The van der Waals surface area contributed by atoms with Crippen molar-refractivity contribution in [3.05, 3.63) is 204 Å². The average molecular weight is 726 g/mol. The molecule has 6 aromatic carbocycles. The Morgan fingerprint density at radius 1 is 0.691 bits per heavy atom. The van der Waals surface area contributed by atoms with Gasteiger partial charge in [0, 0.05) is 11.5 Å². The van der Waals surface area contributed by atoms with E-state index in [4.69, 9.17) is 18.9 Å². The zero-order chi connectivity index (χ0) is 37.9. The number of carbonyl (C=O) groups excluding carboxylic acids is 1. The third-order valence-electron chi connectivity index (χ3n) is 9.71. The van der Waals surface area contributed by atoms with Gasteiger partial charge < -0.3 is 18.9 Å². The van der Waals surface area contributed by atoms with Crippen molar-refractivity contribution in [3.8, 4) is 23.3 Å². The Hall–Kier alpha value is -6.39. The van der Waals surface area contributed by atoms with Crippen molar-refractivity contribution in [2.45, 2.75) is 25.2 Å². The lowest BCUT2D eigenvalue weighted by Gasteiger charge is -2.38. The topological polar surface area (TPSA) is 57.2 Å². The number of ether oxygens (including phenoxy) is 4. The molecular weight excluding hydrogens is 683 g/mol. The third kappa shape index (κ3) is 8.40. The first-order valence-electron chi connectivity index (χ1n) is 18.4. The summed E-state index contributed by atoms with van der Waals surface area (Å²) in [6.07, 6.45) is 1.54. The smallest absolute Gasteiger partial charge is 0.421 e. The minimum Gasteiger partial charge on any atom is -0.497 e. The molecule has 0 unspecified atom stereocenters. The first kappa shape index (κ1) is 36.9. The summed E-state index contributed by atoms with van der Waals surface area (Å²) in [5.41, 5.74) is 5.90. The fraction of sp³-hybridized carbons (Fsp3) is 0.163. The highest BCUT2D eigenvalue weighted by atomic mass is 16.6. The molecule has 0 spiro atoms. The van der Waals surface area contributed by atoms with Crippen molar-refractivity contribution in [2.24, 2.45) is 5.92 Å². The van der Waals surface area contributed by atoms with Crippen LogP contribution >= 0.6 is 0 Å². The average Bonchev–Trinajstić information content (AvgIpc) is 3.25. The predicted molar refractivity (Wildman–Crippen MR) is 218 cm³/mol. The van der Waals surface area contributed by atoms with Crippen LogP contribution in [0.25, 0.3) is 5.57 Å². The van der Waals surface area contributed by atoms with Gasteiger partial charge in [-0.05, 0) is 64.2 Å². The second-order valence-corrected chi connectivity index (χ2v) is 13.3. The van der Waals surface area contributed by atoms with Gasteiger partial charge in [0.05, 0.1) is 26.0 Å². The molecule has 55 heavy (non-hydrogen) atoms. The lowest BCUT2D eigenvalue weighted by atomic mass is 9.79. The van der Waals surface area contributed by atoms with Gasteiger partial charge in [0.1, 0.15) is 29.7 Å². The molecule has 0 fully saturated rings.